The largest absolute Gasteiger partial charge is 0.264 e. The Morgan fingerprint density at radius 1 is 1.10 bits per heavy atom. The lowest BCUT2D eigenvalue weighted by molar-refractivity contribution is 0.586. The maximum atomic E-state index is 13.9. The van der Waals surface area contributed by atoms with Crippen molar-refractivity contribution in [2.45, 2.75) is 17.1 Å². The first-order chi connectivity index (χ1) is 10.0. The van der Waals surface area contributed by atoms with Gasteiger partial charge in [0.25, 0.3) is 10.0 Å². The van der Waals surface area contributed by atoms with Crippen molar-refractivity contribution in [2.24, 2.45) is 0 Å². The van der Waals surface area contributed by atoms with Crippen LogP contribution in [0, 0.1) is 5.82 Å². The molecule has 2 aromatic carbocycles. The lowest BCUT2D eigenvalue weighted by Crippen LogP contribution is -2.31. The van der Waals surface area contributed by atoms with E-state index in [0.717, 1.165) is 9.87 Å². The van der Waals surface area contributed by atoms with Crippen molar-refractivity contribution in [1.82, 2.24) is 0 Å². The maximum absolute atomic E-state index is 13.9. The van der Waals surface area contributed by atoms with E-state index in [1.54, 1.807) is 25.1 Å². The third-order valence-electron chi connectivity index (χ3n) is 3.07. The second kappa shape index (κ2) is 6.58. The Labute approximate surface area is 132 Å². The Kier molecular flexibility index (Phi) is 5.00. The molecule has 0 saturated carbocycles. The molecule has 2 aromatic rings. The first-order valence-electron chi connectivity index (χ1n) is 6.43. The molecule has 0 aromatic heterocycles. The van der Waals surface area contributed by atoms with E-state index in [4.69, 9.17) is 0 Å². The number of hydrogen-bond donors (Lipinski definition) is 0. The van der Waals surface area contributed by atoms with Gasteiger partial charge < -0.3 is 0 Å². The van der Waals surface area contributed by atoms with E-state index in [0.29, 0.717) is 5.33 Å². The highest BCUT2D eigenvalue weighted by Gasteiger charge is 2.25. The summed E-state index contributed by atoms with van der Waals surface area (Å²) in [7, 11) is -3.77. The van der Waals surface area contributed by atoms with Gasteiger partial charge in [-0.05, 0) is 36.8 Å². The molecule has 0 bridgehead atoms. The maximum Gasteiger partial charge on any atom is 0.264 e. The minimum Gasteiger partial charge on any atom is -0.264 e. The lowest BCUT2D eigenvalue weighted by Gasteiger charge is -2.23. The summed E-state index contributed by atoms with van der Waals surface area (Å²) in [5, 5.41) is 0.651. The van der Waals surface area contributed by atoms with E-state index in [9.17, 15) is 12.8 Å². The van der Waals surface area contributed by atoms with Crippen molar-refractivity contribution >= 4 is 31.6 Å². The van der Waals surface area contributed by atoms with Crippen molar-refractivity contribution < 1.29 is 12.8 Å². The van der Waals surface area contributed by atoms with Crippen LogP contribution in [-0.2, 0) is 15.4 Å². The molecule has 0 spiro atoms. The van der Waals surface area contributed by atoms with Gasteiger partial charge in [-0.2, -0.15) is 0 Å². The molecule has 0 amide bonds. The molecule has 0 atom stereocenters. The van der Waals surface area contributed by atoms with Crippen LogP contribution < -0.4 is 4.31 Å². The Balaban J connectivity index is 2.47. The number of benzene rings is 2. The summed E-state index contributed by atoms with van der Waals surface area (Å²) in [6.45, 7) is 1.83. The molecule has 0 radical (unpaired) electrons. The van der Waals surface area contributed by atoms with E-state index in [1.165, 1.54) is 30.3 Å². The average molecular weight is 372 g/mol. The summed E-state index contributed by atoms with van der Waals surface area (Å²) >= 11 is 3.31. The molecule has 0 heterocycles. The van der Waals surface area contributed by atoms with E-state index in [1.807, 2.05) is 0 Å². The summed E-state index contributed by atoms with van der Waals surface area (Å²) in [5.74, 6) is -0.556. The zero-order chi connectivity index (χ0) is 15.5. The molecular weight excluding hydrogens is 357 g/mol. The first-order valence-corrected chi connectivity index (χ1v) is 8.99. The highest BCUT2D eigenvalue weighted by molar-refractivity contribution is 9.08. The number of alkyl halides is 1. The predicted molar refractivity (Wildman–Crippen MR) is 85.7 cm³/mol. The Hall–Kier alpha value is -1.40. The number of halogens is 2. The van der Waals surface area contributed by atoms with Gasteiger partial charge in [0.1, 0.15) is 5.82 Å². The van der Waals surface area contributed by atoms with E-state index >= 15 is 0 Å². The van der Waals surface area contributed by atoms with Gasteiger partial charge in [-0.25, -0.2) is 12.8 Å². The molecule has 0 unspecified atom stereocenters. The van der Waals surface area contributed by atoms with Crippen LogP contribution in [-0.4, -0.2) is 15.0 Å². The van der Waals surface area contributed by atoms with Gasteiger partial charge in [0.2, 0.25) is 0 Å². The number of sulfonamides is 1. The summed E-state index contributed by atoms with van der Waals surface area (Å²) < 4.78 is 40.3. The average Bonchev–Trinajstić information content (AvgIpc) is 2.50. The SMILES string of the molecule is CCN(c1ccccc1F)S(=O)(=O)c1ccc(CBr)cc1. The Bertz CT molecular complexity index is 717. The molecule has 2 rings (SSSR count). The fourth-order valence-corrected chi connectivity index (χ4v) is 3.86. The van der Waals surface area contributed by atoms with Gasteiger partial charge >= 0.3 is 0 Å². The molecule has 3 nitrogen and oxygen atoms in total. The van der Waals surface area contributed by atoms with Crippen LogP contribution in [0.3, 0.4) is 0 Å². The highest BCUT2D eigenvalue weighted by Crippen LogP contribution is 2.26. The monoisotopic (exact) mass is 371 g/mol. The van der Waals surface area contributed by atoms with Crippen molar-refractivity contribution in [3.05, 3.63) is 59.9 Å². The Morgan fingerprint density at radius 2 is 1.71 bits per heavy atom. The summed E-state index contributed by atoms with van der Waals surface area (Å²) in [6, 6.07) is 12.4. The molecule has 0 N–H and O–H groups in total. The van der Waals surface area contributed by atoms with Gasteiger partial charge in [-0.15, -0.1) is 0 Å². The number of nitrogens with zero attached hydrogens (tertiary/aromatic N) is 1. The van der Waals surface area contributed by atoms with Gasteiger partial charge in [-0.1, -0.05) is 40.2 Å². The fraction of sp³-hybridized carbons (Fsp3) is 0.200. The van der Waals surface area contributed by atoms with Crippen LogP contribution in [0.4, 0.5) is 10.1 Å². The van der Waals surface area contributed by atoms with Crippen molar-refractivity contribution in [1.29, 1.82) is 0 Å². The second-order valence-corrected chi connectivity index (χ2v) is 6.82. The zero-order valence-electron chi connectivity index (χ0n) is 11.5. The van der Waals surface area contributed by atoms with Crippen LogP contribution in [0.5, 0.6) is 0 Å². The predicted octanol–water partition coefficient (Wildman–Crippen LogP) is 3.94. The van der Waals surface area contributed by atoms with E-state index in [-0.39, 0.29) is 17.1 Å². The normalized spacial score (nSPS) is 11.4. The third-order valence-corrected chi connectivity index (χ3v) is 5.62. The number of para-hydroxylation sites is 1. The van der Waals surface area contributed by atoms with Crippen molar-refractivity contribution in [3.8, 4) is 0 Å². The molecule has 0 aliphatic heterocycles. The standard InChI is InChI=1S/C15H15BrFNO2S/c1-2-18(15-6-4-3-5-14(15)17)21(19,20)13-9-7-12(11-16)8-10-13/h3-10H,2,11H2,1H3. The summed E-state index contributed by atoms with van der Waals surface area (Å²) in [6.07, 6.45) is 0. The van der Waals surface area contributed by atoms with Crippen molar-refractivity contribution in [2.75, 3.05) is 10.8 Å². The molecular formula is C15H15BrFNO2S. The van der Waals surface area contributed by atoms with Crippen LogP contribution >= 0.6 is 15.9 Å². The Morgan fingerprint density at radius 3 is 2.24 bits per heavy atom. The first kappa shape index (κ1) is 16.0. The van der Waals surface area contributed by atoms with Crippen molar-refractivity contribution in [3.63, 3.8) is 0 Å². The molecule has 112 valence electrons. The second-order valence-electron chi connectivity index (χ2n) is 4.40. The minimum absolute atomic E-state index is 0.0598. The van der Waals surface area contributed by atoms with E-state index in [2.05, 4.69) is 15.9 Å². The summed E-state index contributed by atoms with van der Waals surface area (Å²) in [4.78, 5) is 0.150. The highest BCUT2D eigenvalue weighted by atomic mass is 79.9. The van der Waals surface area contributed by atoms with Crippen LogP contribution in [0.2, 0.25) is 0 Å². The quantitative estimate of drug-likeness (QED) is 0.746. The van der Waals surface area contributed by atoms with Gasteiger partial charge in [0.05, 0.1) is 10.6 Å². The topological polar surface area (TPSA) is 37.4 Å². The number of rotatable bonds is 5. The molecule has 0 fully saturated rings. The molecule has 6 heteroatoms. The van der Waals surface area contributed by atoms with Crippen LogP contribution in [0.15, 0.2) is 53.4 Å². The number of anilines is 1. The fourth-order valence-electron chi connectivity index (χ4n) is 2.00. The van der Waals surface area contributed by atoms with Gasteiger partial charge in [0, 0.05) is 11.9 Å². The summed E-state index contributed by atoms with van der Waals surface area (Å²) in [5.41, 5.74) is 1.03. The minimum atomic E-state index is -3.77. The van der Waals surface area contributed by atoms with E-state index < -0.39 is 15.8 Å². The smallest absolute Gasteiger partial charge is 0.264 e. The number of hydrogen-bond acceptors (Lipinski definition) is 2. The van der Waals surface area contributed by atoms with Crippen LogP contribution in [0.1, 0.15) is 12.5 Å². The molecule has 0 aliphatic carbocycles. The molecule has 0 aliphatic rings. The lowest BCUT2D eigenvalue weighted by atomic mass is 10.2. The third kappa shape index (κ3) is 3.27. The molecule has 21 heavy (non-hydrogen) atoms. The van der Waals surface area contributed by atoms with Crippen LogP contribution in [0.25, 0.3) is 0 Å². The van der Waals surface area contributed by atoms with Gasteiger partial charge in [-0.3, -0.25) is 4.31 Å². The zero-order valence-corrected chi connectivity index (χ0v) is 13.9. The van der Waals surface area contributed by atoms with Gasteiger partial charge in [0.15, 0.2) is 0 Å². The molecule has 0 saturated heterocycles.